The van der Waals surface area contributed by atoms with E-state index in [0.29, 0.717) is 12.0 Å². The van der Waals surface area contributed by atoms with Gasteiger partial charge in [0.15, 0.2) is 0 Å². The molecule has 0 aromatic carbocycles. The zero-order chi connectivity index (χ0) is 15.5. The molecule has 0 spiro atoms. The lowest BCUT2D eigenvalue weighted by Gasteiger charge is -2.35. The molecule has 2 aromatic rings. The van der Waals surface area contributed by atoms with Gasteiger partial charge in [-0.25, -0.2) is 0 Å². The maximum absolute atomic E-state index is 4.68. The van der Waals surface area contributed by atoms with Crippen LogP contribution < -0.4 is 0 Å². The van der Waals surface area contributed by atoms with Crippen LogP contribution in [0.3, 0.4) is 0 Å². The van der Waals surface area contributed by atoms with Crippen LogP contribution in [0.2, 0.25) is 0 Å². The molecule has 1 aliphatic heterocycles. The van der Waals surface area contributed by atoms with E-state index in [1.165, 1.54) is 19.4 Å². The van der Waals surface area contributed by atoms with Crippen molar-refractivity contribution in [1.29, 1.82) is 0 Å². The molecule has 0 amide bonds. The standard InChI is InChI=1S/C17H25N5/c1-4-22-12-15(8-20-22)17-10-18-16(9-19-17)14-6-5-7-21(11-14)13(2)3/h8-10,12-14H,4-7,11H2,1-3H3. The van der Waals surface area contributed by atoms with E-state index in [0.717, 1.165) is 30.0 Å². The summed E-state index contributed by atoms with van der Waals surface area (Å²) in [4.78, 5) is 11.8. The smallest absolute Gasteiger partial charge is 0.0916 e. The van der Waals surface area contributed by atoms with Crippen LogP contribution in [0.1, 0.15) is 45.2 Å². The highest BCUT2D eigenvalue weighted by Gasteiger charge is 2.24. The van der Waals surface area contributed by atoms with E-state index in [9.17, 15) is 0 Å². The van der Waals surface area contributed by atoms with Crippen LogP contribution in [-0.4, -0.2) is 43.8 Å². The molecule has 3 heterocycles. The summed E-state index contributed by atoms with van der Waals surface area (Å²) in [6.07, 6.45) is 10.2. The Morgan fingerprint density at radius 2 is 2.09 bits per heavy atom. The molecule has 5 nitrogen and oxygen atoms in total. The fraction of sp³-hybridized carbons (Fsp3) is 0.588. The van der Waals surface area contributed by atoms with Gasteiger partial charge in [0, 0.05) is 43.0 Å². The van der Waals surface area contributed by atoms with Crippen LogP contribution in [0, 0.1) is 0 Å². The van der Waals surface area contributed by atoms with Gasteiger partial charge in [-0.2, -0.15) is 5.10 Å². The Bertz CT molecular complexity index is 602. The zero-order valence-electron chi connectivity index (χ0n) is 13.7. The summed E-state index contributed by atoms with van der Waals surface area (Å²) in [6, 6.07) is 0.606. The van der Waals surface area contributed by atoms with Crippen molar-refractivity contribution in [3.8, 4) is 11.3 Å². The van der Waals surface area contributed by atoms with E-state index in [1.54, 1.807) is 0 Å². The molecule has 0 N–H and O–H groups in total. The fourth-order valence-corrected chi connectivity index (χ4v) is 3.08. The van der Waals surface area contributed by atoms with Crippen LogP contribution in [0.25, 0.3) is 11.3 Å². The second kappa shape index (κ2) is 6.57. The average Bonchev–Trinajstić information content (AvgIpc) is 3.04. The molecule has 22 heavy (non-hydrogen) atoms. The molecule has 1 fully saturated rings. The molecule has 5 heteroatoms. The van der Waals surface area contributed by atoms with Gasteiger partial charge in [0.2, 0.25) is 0 Å². The lowest BCUT2D eigenvalue weighted by Crippen LogP contribution is -2.39. The topological polar surface area (TPSA) is 46.8 Å². The fourth-order valence-electron chi connectivity index (χ4n) is 3.08. The Balaban J connectivity index is 1.73. The van der Waals surface area contributed by atoms with Crippen molar-refractivity contribution in [2.75, 3.05) is 13.1 Å². The van der Waals surface area contributed by atoms with Crippen LogP contribution in [0.5, 0.6) is 0 Å². The number of piperidine rings is 1. The normalized spacial score (nSPS) is 19.7. The van der Waals surface area contributed by atoms with Crippen molar-refractivity contribution >= 4 is 0 Å². The third-order valence-electron chi connectivity index (χ3n) is 4.53. The van der Waals surface area contributed by atoms with E-state index < -0.39 is 0 Å². The quantitative estimate of drug-likeness (QED) is 0.871. The van der Waals surface area contributed by atoms with Gasteiger partial charge >= 0.3 is 0 Å². The lowest BCUT2D eigenvalue weighted by molar-refractivity contribution is 0.166. The second-order valence-corrected chi connectivity index (χ2v) is 6.34. The molecule has 3 rings (SSSR count). The van der Waals surface area contributed by atoms with Gasteiger partial charge in [-0.15, -0.1) is 0 Å². The van der Waals surface area contributed by atoms with E-state index in [-0.39, 0.29) is 0 Å². The number of aromatic nitrogens is 4. The first-order valence-corrected chi connectivity index (χ1v) is 8.26. The summed E-state index contributed by atoms with van der Waals surface area (Å²) in [5.41, 5.74) is 3.06. The molecule has 0 bridgehead atoms. The van der Waals surface area contributed by atoms with Crippen LogP contribution >= 0.6 is 0 Å². The second-order valence-electron chi connectivity index (χ2n) is 6.34. The Labute approximate surface area is 132 Å². The first kappa shape index (κ1) is 15.2. The predicted molar refractivity (Wildman–Crippen MR) is 87.6 cm³/mol. The van der Waals surface area contributed by atoms with E-state index in [4.69, 9.17) is 0 Å². The molecule has 0 radical (unpaired) electrons. The van der Waals surface area contributed by atoms with Gasteiger partial charge < -0.3 is 4.90 Å². The molecular weight excluding hydrogens is 274 g/mol. The highest BCUT2D eigenvalue weighted by atomic mass is 15.3. The van der Waals surface area contributed by atoms with Gasteiger partial charge in [-0.1, -0.05) is 0 Å². The van der Waals surface area contributed by atoms with Crippen molar-refractivity contribution in [2.24, 2.45) is 0 Å². The molecule has 118 valence electrons. The van der Waals surface area contributed by atoms with E-state index >= 15 is 0 Å². The van der Waals surface area contributed by atoms with Crippen LogP contribution in [-0.2, 0) is 6.54 Å². The molecule has 2 aromatic heterocycles. The van der Waals surface area contributed by atoms with Crippen molar-refractivity contribution in [3.05, 3.63) is 30.5 Å². The SMILES string of the molecule is CCn1cc(-c2cnc(C3CCCN(C(C)C)C3)cn2)cn1. The molecule has 0 aliphatic carbocycles. The summed E-state index contributed by atoms with van der Waals surface area (Å²) in [6.45, 7) is 9.79. The third-order valence-corrected chi connectivity index (χ3v) is 4.53. The number of aryl methyl sites for hydroxylation is 1. The third kappa shape index (κ3) is 3.19. The van der Waals surface area contributed by atoms with Gasteiger partial charge in [0.05, 0.1) is 23.8 Å². The summed E-state index contributed by atoms with van der Waals surface area (Å²) < 4.78 is 1.91. The molecular formula is C17H25N5. The number of nitrogens with zero attached hydrogens (tertiary/aromatic N) is 5. The molecule has 1 saturated heterocycles. The number of hydrogen-bond acceptors (Lipinski definition) is 4. The van der Waals surface area contributed by atoms with Gasteiger partial charge in [0.1, 0.15) is 0 Å². The maximum Gasteiger partial charge on any atom is 0.0916 e. The van der Waals surface area contributed by atoms with Gasteiger partial charge in [0.25, 0.3) is 0 Å². The highest BCUT2D eigenvalue weighted by molar-refractivity contribution is 5.55. The zero-order valence-corrected chi connectivity index (χ0v) is 13.7. The maximum atomic E-state index is 4.68. The van der Waals surface area contributed by atoms with E-state index in [2.05, 4.69) is 40.7 Å². The van der Waals surface area contributed by atoms with Crippen LogP contribution in [0.4, 0.5) is 0 Å². The summed E-state index contributed by atoms with van der Waals surface area (Å²) in [5, 5.41) is 4.29. The van der Waals surface area contributed by atoms with Gasteiger partial charge in [-0.3, -0.25) is 14.6 Å². The molecule has 0 saturated carbocycles. The van der Waals surface area contributed by atoms with Gasteiger partial charge in [-0.05, 0) is 40.2 Å². The Hall–Kier alpha value is -1.75. The average molecular weight is 299 g/mol. The van der Waals surface area contributed by atoms with Crippen molar-refractivity contribution in [2.45, 2.75) is 52.1 Å². The first-order valence-electron chi connectivity index (χ1n) is 8.26. The Morgan fingerprint density at radius 3 is 2.73 bits per heavy atom. The Morgan fingerprint density at radius 1 is 1.23 bits per heavy atom. The lowest BCUT2D eigenvalue weighted by atomic mass is 9.94. The Kier molecular flexibility index (Phi) is 4.52. The summed E-state index contributed by atoms with van der Waals surface area (Å²) in [7, 11) is 0. The number of rotatable bonds is 4. The molecule has 1 atom stereocenters. The van der Waals surface area contributed by atoms with Crippen molar-refractivity contribution < 1.29 is 0 Å². The molecule has 1 unspecified atom stereocenters. The minimum absolute atomic E-state index is 0.510. The minimum Gasteiger partial charge on any atom is -0.300 e. The number of hydrogen-bond donors (Lipinski definition) is 0. The molecule has 1 aliphatic rings. The largest absolute Gasteiger partial charge is 0.300 e. The monoisotopic (exact) mass is 299 g/mol. The summed E-state index contributed by atoms with van der Waals surface area (Å²) >= 11 is 0. The highest BCUT2D eigenvalue weighted by Crippen LogP contribution is 2.27. The summed E-state index contributed by atoms with van der Waals surface area (Å²) in [5.74, 6) is 0.510. The first-order chi connectivity index (χ1) is 10.7. The number of likely N-dealkylation sites (tertiary alicyclic amines) is 1. The van der Waals surface area contributed by atoms with Crippen molar-refractivity contribution in [3.63, 3.8) is 0 Å². The van der Waals surface area contributed by atoms with E-state index in [1.807, 2.05) is 29.5 Å². The van der Waals surface area contributed by atoms with Crippen LogP contribution in [0.15, 0.2) is 24.8 Å². The van der Waals surface area contributed by atoms with Crippen molar-refractivity contribution in [1.82, 2.24) is 24.6 Å². The predicted octanol–water partition coefficient (Wildman–Crippen LogP) is 2.95. The minimum atomic E-state index is 0.510.